The van der Waals surface area contributed by atoms with Gasteiger partial charge in [0.25, 0.3) is 0 Å². The van der Waals surface area contributed by atoms with E-state index in [2.05, 4.69) is 15.0 Å². The fourth-order valence-electron chi connectivity index (χ4n) is 2.59. The van der Waals surface area contributed by atoms with E-state index in [-0.39, 0.29) is 11.9 Å². The van der Waals surface area contributed by atoms with Crippen LogP contribution in [-0.2, 0) is 11.3 Å². The van der Waals surface area contributed by atoms with Crippen molar-refractivity contribution in [2.24, 2.45) is 0 Å². The summed E-state index contributed by atoms with van der Waals surface area (Å²) in [6.07, 6.45) is 1.91. The molecule has 1 saturated heterocycles. The molecule has 1 atom stereocenters. The minimum Gasteiger partial charge on any atom is -0.347 e. The fourth-order valence-corrected chi connectivity index (χ4v) is 3.23. The van der Waals surface area contributed by atoms with Gasteiger partial charge >= 0.3 is 0 Å². The number of likely N-dealkylation sites (tertiary alicyclic amines) is 1. The first-order chi connectivity index (χ1) is 10.1. The highest BCUT2D eigenvalue weighted by atomic mass is 32.1. The second-order valence-electron chi connectivity index (χ2n) is 5.38. The van der Waals surface area contributed by atoms with Gasteiger partial charge in [-0.2, -0.15) is 16.3 Å². The monoisotopic (exact) mass is 306 g/mol. The van der Waals surface area contributed by atoms with Crippen LogP contribution in [0.3, 0.4) is 0 Å². The standard InChI is InChI=1S/C14H18N4O2S/c1-17(2)14(19)11-4-3-6-18(11)8-12-15-13(16-20-12)10-5-7-21-9-10/h5,7,9,11H,3-4,6,8H2,1-2H3. The minimum atomic E-state index is -0.0727. The van der Waals surface area contributed by atoms with Gasteiger partial charge in [0.1, 0.15) is 0 Å². The maximum atomic E-state index is 12.2. The topological polar surface area (TPSA) is 62.5 Å². The van der Waals surface area contributed by atoms with E-state index >= 15 is 0 Å². The van der Waals surface area contributed by atoms with E-state index in [9.17, 15) is 4.79 Å². The first-order valence-corrected chi connectivity index (χ1v) is 7.90. The molecule has 21 heavy (non-hydrogen) atoms. The summed E-state index contributed by atoms with van der Waals surface area (Å²) >= 11 is 1.60. The van der Waals surface area contributed by atoms with Crippen molar-refractivity contribution in [2.45, 2.75) is 25.4 Å². The summed E-state index contributed by atoms with van der Waals surface area (Å²) in [5, 5.41) is 7.98. The molecule has 2 aromatic heterocycles. The number of hydrogen-bond donors (Lipinski definition) is 0. The largest absolute Gasteiger partial charge is 0.347 e. The SMILES string of the molecule is CN(C)C(=O)C1CCCN1Cc1nc(-c2ccsc2)no1. The number of nitrogens with zero attached hydrogens (tertiary/aromatic N) is 4. The van der Waals surface area contributed by atoms with Gasteiger partial charge in [0, 0.05) is 25.0 Å². The molecule has 2 aromatic rings. The lowest BCUT2D eigenvalue weighted by atomic mass is 10.2. The van der Waals surface area contributed by atoms with Crippen molar-refractivity contribution in [2.75, 3.05) is 20.6 Å². The molecule has 0 N–H and O–H groups in total. The third kappa shape index (κ3) is 2.98. The van der Waals surface area contributed by atoms with E-state index in [0.717, 1.165) is 24.9 Å². The molecule has 6 nitrogen and oxygen atoms in total. The zero-order valence-electron chi connectivity index (χ0n) is 12.2. The van der Waals surface area contributed by atoms with Gasteiger partial charge in [-0.15, -0.1) is 0 Å². The first kappa shape index (κ1) is 14.2. The number of rotatable bonds is 4. The van der Waals surface area contributed by atoms with Crippen LogP contribution in [0.1, 0.15) is 18.7 Å². The maximum absolute atomic E-state index is 12.2. The molecule has 0 spiro atoms. The Kier molecular flexibility index (Phi) is 4.03. The molecule has 1 unspecified atom stereocenters. The van der Waals surface area contributed by atoms with Crippen molar-refractivity contribution < 1.29 is 9.32 Å². The Labute approximate surface area is 127 Å². The van der Waals surface area contributed by atoms with E-state index in [1.165, 1.54) is 0 Å². The average Bonchev–Trinajstić information content (AvgIpc) is 3.19. The van der Waals surface area contributed by atoms with Crippen LogP contribution in [-0.4, -0.2) is 52.5 Å². The zero-order chi connectivity index (χ0) is 14.8. The summed E-state index contributed by atoms with van der Waals surface area (Å²) in [7, 11) is 3.58. The van der Waals surface area contributed by atoms with Crippen LogP contribution >= 0.6 is 11.3 Å². The van der Waals surface area contributed by atoms with E-state index in [4.69, 9.17) is 4.52 Å². The number of hydrogen-bond acceptors (Lipinski definition) is 6. The summed E-state index contributed by atoms with van der Waals surface area (Å²) in [5.74, 6) is 1.32. The second kappa shape index (κ2) is 5.95. The summed E-state index contributed by atoms with van der Waals surface area (Å²) in [6.45, 7) is 1.42. The molecule has 0 saturated carbocycles. The zero-order valence-corrected chi connectivity index (χ0v) is 13.0. The highest BCUT2D eigenvalue weighted by molar-refractivity contribution is 7.08. The molecule has 1 fully saturated rings. The lowest BCUT2D eigenvalue weighted by Crippen LogP contribution is -2.42. The smallest absolute Gasteiger partial charge is 0.241 e. The van der Waals surface area contributed by atoms with Gasteiger partial charge in [0.15, 0.2) is 0 Å². The first-order valence-electron chi connectivity index (χ1n) is 6.95. The molecule has 3 heterocycles. The van der Waals surface area contributed by atoms with Crippen LogP contribution in [0.15, 0.2) is 21.3 Å². The molecule has 0 aromatic carbocycles. The summed E-state index contributed by atoms with van der Waals surface area (Å²) in [4.78, 5) is 20.3. The van der Waals surface area contributed by atoms with Gasteiger partial charge < -0.3 is 9.42 Å². The molecule has 112 valence electrons. The van der Waals surface area contributed by atoms with E-state index in [0.29, 0.717) is 18.3 Å². The molecule has 1 amide bonds. The lowest BCUT2D eigenvalue weighted by Gasteiger charge is -2.24. The van der Waals surface area contributed by atoms with Crippen molar-refractivity contribution in [3.63, 3.8) is 0 Å². The fraction of sp³-hybridized carbons (Fsp3) is 0.500. The van der Waals surface area contributed by atoms with Gasteiger partial charge in [-0.3, -0.25) is 9.69 Å². The summed E-state index contributed by atoms with van der Waals surface area (Å²) in [5.41, 5.74) is 0.970. The van der Waals surface area contributed by atoms with Gasteiger partial charge in [-0.05, 0) is 30.8 Å². The number of carbonyl (C=O) groups excluding carboxylic acids is 1. The Morgan fingerprint density at radius 1 is 1.57 bits per heavy atom. The third-order valence-corrected chi connectivity index (χ3v) is 4.36. The van der Waals surface area contributed by atoms with Gasteiger partial charge in [0.05, 0.1) is 12.6 Å². The maximum Gasteiger partial charge on any atom is 0.241 e. The molecule has 0 radical (unpaired) electrons. The van der Waals surface area contributed by atoms with Crippen LogP contribution in [0.4, 0.5) is 0 Å². The summed E-state index contributed by atoms with van der Waals surface area (Å²) in [6, 6.07) is 1.89. The van der Waals surface area contributed by atoms with E-state index in [1.54, 1.807) is 30.3 Å². The number of likely N-dealkylation sites (N-methyl/N-ethyl adjacent to an activating group) is 1. The Balaban J connectivity index is 1.70. The van der Waals surface area contributed by atoms with Crippen molar-refractivity contribution in [3.8, 4) is 11.4 Å². The number of carbonyl (C=O) groups is 1. The van der Waals surface area contributed by atoms with Crippen LogP contribution in [0.2, 0.25) is 0 Å². The van der Waals surface area contributed by atoms with Crippen molar-refractivity contribution in [1.29, 1.82) is 0 Å². The molecule has 0 aliphatic carbocycles. The van der Waals surface area contributed by atoms with Gasteiger partial charge in [-0.25, -0.2) is 0 Å². The highest BCUT2D eigenvalue weighted by Gasteiger charge is 2.32. The van der Waals surface area contributed by atoms with Crippen LogP contribution in [0.5, 0.6) is 0 Å². The molecule has 1 aliphatic heterocycles. The highest BCUT2D eigenvalue weighted by Crippen LogP contribution is 2.23. The number of aromatic nitrogens is 2. The molecule has 7 heteroatoms. The van der Waals surface area contributed by atoms with Crippen molar-refractivity contribution >= 4 is 17.2 Å². The normalized spacial score (nSPS) is 19.0. The van der Waals surface area contributed by atoms with E-state index in [1.807, 2.05) is 16.8 Å². The Morgan fingerprint density at radius 2 is 2.43 bits per heavy atom. The molecular weight excluding hydrogens is 288 g/mol. The molecule has 0 bridgehead atoms. The Hall–Kier alpha value is -1.73. The molecule has 3 rings (SSSR count). The lowest BCUT2D eigenvalue weighted by molar-refractivity contribution is -0.133. The van der Waals surface area contributed by atoms with E-state index < -0.39 is 0 Å². The van der Waals surface area contributed by atoms with Crippen LogP contribution < -0.4 is 0 Å². The predicted molar refractivity (Wildman–Crippen MR) is 79.7 cm³/mol. The quantitative estimate of drug-likeness (QED) is 0.862. The van der Waals surface area contributed by atoms with Crippen LogP contribution in [0, 0.1) is 0 Å². The van der Waals surface area contributed by atoms with Crippen molar-refractivity contribution in [1.82, 2.24) is 19.9 Å². The predicted octanol–water partition coefficient (Wildman–Crippen LogP) is 1.85. The van der Waals surface area contributed by atoms with Gasteiger partial charge in [-0.1, -0.05) is 5.16 Å². The number of amides is 1. The third-order valence-electron chi connectivity index (χ3n) is 3.68. The summed E-state index contributed by atoms with van der Waals surface area (Å²) < 4.78 is 5.32. The Bertz CT molecular complexity index is 608. The second-order valence-corrected chi connectivity index (χ2v) is 6.16. The Morgan fingerprint density at radius 3 is 3.14 bits per heavy atom. The average molecular weight is 306 g/mol. The molecule has 1 aliphatic rings. The number of thiophene rings is 1. The van der Waals surface area contributed by atoms with Crippen LogP contribution in [0.25, 0.3) is 11.4 Å². The van der Waals surface area contributed by atoms with Gasteiger partial charge in [0.2, 0.25) is 17.6 Å². The minimum absolute atomic E-state index is 0.0727. The van der Waals surface area contributed by atoms with Crippen molar-refractivity contribution in [3.05, 3.63) is 22.7 Å². The molecular formula is C14H18N4O2S.